The molecule has 4 heterocycles. The molecule has 4 aromatic rings. The molecule has 1 aliphatic heterocycles. The Labute approximate surface area is 183 Å². The summed E-state index contributed by atoms with van der Waals surface area (Å²) in [5.74, 6) is 2.47. The number of hydrogen-bond donors (Lipinski definition) is 0. The third kappa shape index (κ3) is 3.05. The number of fused-ring (bicyclic) bond motifs is 3. The second kappa shape index (κ2) is 6.95. The summed E-state index contributed by atoms with van der Waals surface area (Å²) in [4.78, 5) is 21.8. The van der Waals surface area contributed by atoms with Crippen molar-refractivity contribution in [3.8, 4) is 11.6 Å². The summed E-state index contributed by atoms with van der Waals surface area (Å²) in [6.45, 7) is 4.14. The number of piperazine rings is 1. The molecule has 1 atom stereocenters. The summed E-state index contributed by atoms with van der Waals surface area (Å²) in [7, 11) is 0. The van der Waals surface area contributed by atoms with Crippen molar-refractivity contribution in [1.82, 2.24) is 24.5 Å². The second-order valence-electron chi connectivity index (χ2n) is 8.33. The highest BCUT2D eigenvalue weighted by Crippen LogP contribution is 2.34. The molecule has 6 rings (SSSR count). The minimum atomic E-state index is 0.0947. The van der Waals surface area contributed by atoms with Crippen LogP contribution in [-0.4, -0.2) is 56.1 Å². The first-order valence-electron chi connectivity index (χ1n) is 10.5. The maximum atomic E-state index is 12.6. The van der Waals surface area contributed by atoms with Crippen LogP contribution in [0.2, 0.25) is 5.02 Å². The number of carbonyl (C=O) groups excluding carboxylic acids is 1. The molecule has 0 bridgehead atoms. The third-order valence-electron chi connectivity index (χ3n) is 6.15. The molecule has 2 aliphatic rings. The zero-order chi connectivity index (χ0) is 21.1. The largest absolute Gasteiger partial charge is 0.461 e. The normalized spacial score (nSPS) is 19.5. The van der Waals surface area contributed by atoms with Gasteiger partial charge >= 0.3 is 0 Å². The highest BCUT2D eigenvalue weighted by molar-refractivity contribution is 6.31. The number of amides is 1. The number of furan rings is 1. The third-order valence-corrected chi connectivity index (χ3v) is 6.38. The summed E-state index contributed by atoms with van der Waals surface area (Å²) < 4.78 is 7.56. The first-order chi connectivity index (χ1) is 15.1. The van der Waals surface area contributed by atoms with Crippen LogP contribution in [0.4, 0.5) is 5.95 Å². The Morgan fingerprint density at radius 1 is 1.19 bits per heavy atom. The van der Waals surface area contributed by atoms with E-state index in [0.29, 0.717) is 41.9 Å². The van der Waals surface area contributed by atoms with Gasteiger partial charge < -0.3 is 14.2 Å². The van der Waals surface area contributed by atoms with Crippen LogP contribution in [0.5, 0.6) is 0 Å². The molecule has 9 heteroatoms. The highest BCUT2D eigenvalue weighted by Gasteiger charge is 2.38. The number of carbonyl (C=O) groups is 1. The van der Waals surface area contributed by atoms with E-state index in [2.05, 4.69) is 22.0 Å². The monoisotopic (exact) mass is 436 g/mol. The zero-order valence-corrected chi connectivity index (χ0v) is 17.8. The van der Waals surface area contributed by atoms with Crippen LogP contribution in [0, 0.1) is 5.92 Å². The molecule has 0 N–H and O–H groups in total. The zero-order valence-electron chi connectivity index (χ0n) is 17.0. The van der Waals surface area contributed by atoms with Crippen molar-refractivity contribution in [2.24, 2.45) is 5.92 Å². The van der Waals surface area contributed by atoms with E-state index in [0.717, 1.165) is 29.7 Å². The Morgan fingerprint density at radius 3 is 2.81 bits per heavy atom. The molecule has 0 radical (unpaired) electrons. The summed E-state index contributed by atoms with van der Waals surface area (Å²) in [6.07, 6.45) is 3.66. The highest BCUT2D eigenvalue weighted by atomic mass is 35.5. The average molecular weight is 437 g/mol. The van der Waals surface area contributed by atoms with Gasteiger partial charge in [0.15, 0.2) is 11.4 Å². The van der Waals surface area contributed by atoms with E-state index >= 15 is 0 Å². The summed E-state index contributed by atoms with van der Waals surface area (Å²) in [5.41, 5.74) is 1.46. The van der Waals surface area contributed by atoms with Crippen molar-refractivity contribution in [3.63, 3.8) is 0 Å². The van der Waals surface area contributed by atoms with Gasteiger partial charge in [0.05, 0.1) is 11.8 Å². The van der Waals surface area contributed by atoms with Crippen LogP contribution >= 0.6 is 11.6 Å². The Hall–Kier alpha value is -3.13. The van der Waals surface area contributed by atoms with Crippen molar-refractivity contribution < 1.29 is 9.21 Å². The van der Waals surface area contributed by atoms with Crippen LogP contribution in [0.25, 0.3) is 28.1 Å². The maximum Gasteiger partial charge on any atom is 0.226 e. The molecule has 1 amide bonds. The molecular formula is C22H21ClN6O2. The van der Waals surface area contributed by atoms with E-state index in [1.807, 2.05) is 39.6 Å². The number of nitrogens with zero attached hydrogens (tertiary/aromatic N) is 6. The average Bonchev–Trinajstić information content (AvgIpc) is 3.29. The van der Waals surface area contributed by atoms with E-state index in [4.69, 9.17) is 21.0 Å². The molecule has 1 saturated heterocycles. The minimum Gasteiger partial charge on any atom is -0.461 e. The first kappa shape index (κ1) is 18.6. The second-order valence-corrected chi connectivity index (χ2v) is 8.77. The van der Waals surface area contributed by atoms with Crippen molar-refractivity contribution >= 4 is 40.0 Å². The SMILES string of the molecule is CC1CN(c2nc3cc(Cl)ccc3c3nnc(-c4ccco4)n23)CCN1C(=O)C1CC1. The van der Waals surface area contributed by atoms with Gasteiger partial charge in [-0.25, -0.2) is 9.38 Å². The van der Waals surface area contributed by atoms with Crippen LogP contribution in [0.15, 0.2) is 41.0 Å². The minimum absolute atomic E-state index is 0.0947. The summed E-state index contributed by atoms with van der Waals surface area (Å²) in [5, 5.41) is 10.4. The van der Waals surface area contributed by atoms with Gasteiger partial charge in [0.1, 0.15) is 0 Å². The number of benzene rings is 1. The molecule has 158 valence electrons. The molecule has 1 saturated carbocycles. The molecule has 2 fully saturated rings. The molecular weight excluding hydrogens is 416 g/mol. The molecule has 1 aromatic carbocycles. The smallest absolute Gasteiger partial charge is 0.226 e. The van der Waals surface area contributed by atoms with E-state index in [9.17, 15) is 4.79 Å². The fraction of sp³-hybridized carbons (Fsp3) is 0.364. The Kier molecular flexibility index (Phi) is 4.17. The standard InChI is InChI=1S/C22H21ClN6O2/c1-13-12-27(8-9-28(13)21(30)14-4-5-14)22-24-17-11-15(23)6-7-16(17)19-25-26-20(29(19)22)18-3-2-10-31-18/h2-3,6-7,10-11,13-14H,4-5,8-9,12H2,1H3. The van der Waals surface area contributed by atoms with Gasteiger partial charge in [0.25, 0.3) is 0 Å². The molecule has 1 unspecified atom stereocenters. The molecule has 0 spiro atoms. The lowest BCUT2D eigenvalue weighted by Crippen LogP contribution is -2.55. The topological polar surface area (TPSA) is 79.8 Å². The van der Waals surface area contributed by atoms with Gasteiger partial charge in [-0.1, -0.05) is 11.6 Å². The molecule has 31 heavy (non-hydrogen) atoms. The van der Waals surface area contributed by atoms with Crippen molar-refractivity contribution in [1.29, 1.82) is 0 Å². The lowest BCUT2D eigenvalue weighted by atomic mass is 10.1. The Morgan fingerprint density at radius 2 is 2.06 bits per heavy atom. The van der Waals surface area contributed by atoms with Gasteiger partial charge in [-0.15, -0.1) is 10.2 Å². The van der Waals surface area contributed by atoms with Crippen molar-refractivity contribution in [2.45, 2.75) is 25.8 Å². The van der Waals surface area contributed by atoms with Crippen molar-refractivity contribution in [3.05, 3.63) is 41.6 Å². The van der Waals surface area contributed by atoms with Gasteiger partial charge in [0, 0.05) is 42.0 Å². The van der Waals surface area contributed by atoms with E-state index in [-0.39, 0.29) is 17.9 Å². The van der Waals surface area contributed by atoms with Crippen LogP contribution in [0.1, 0.15) is 19.8 Å². The Bertz CT molecular complexity index is 1300. The van der Waals surface area contributed by atoms with Crippen molar-refractivity contribution in [2.75, 3.05) is 24.5 Å². The quantitative estimate of drug-likeness (QED) is 0.488. The molecule has 3 aromatic heterocycles. The number of halogens is 1. The fourth-order valence-electron chi connectivity index (χ4n) is 4.40. The van der Waals surface area contributed by atoms with Crippen LogP contribution in [-0.2, 0) is 4.79 Å². The molecule has 1 aliphatic carbocycles. The number of anilines is 1. The maximum absolute atomic E-state index is 12.6. The lowest BCUT2D eigenvalue weighted by Gasteiger charge is -2.40. The number of hydrogen-bond acceptors (Lipinski definition) is 6. The summed E-state index contributed by atoms with van der Waals surface area (Å²) in [6, 6.07) is 9.38. The lowest BCUT2D eigenvalue weighted by molar-refractivity contribution is -0.134. The van der Waals surface area contributed by atoms with E-state index in [1.165, 1.54) is 0 Å². The van der Waals surface area contributed by atoms with Crippen LogP contribution < -0.4 is 4.90 Å². The summed E-state index contributed by atoms with van der Waals surface area (Å²) >= 11 is 6.25. The van der Waals surface area contributed by atoms with E-state index < -0.39 is 0 Å². The Balaban J connectivity index is 1.48. The predicted molar refractivity (Wildman–Crippen MR) is 117 cm³/mol. The first-order valence-corrected chi connectivity index (χ1v) is 10.9. The molecule has 8 nitrogen and oxygen atoms in total. The van der Waals surface area contributed by atoms with Crippen LogP contribution in [0.3, 0.4) is 0 Å². The van der Waals surface area contributed by atoms with Gasteiger partial charge in [0.2, 0.25) is 17.7 Å². The van der Waals surface area contributed by atoms with Gasteiger partial charge in [-0.2, -0.15) is 0 Å². The van der Waals surface area contributed by atoms with Gasteiger partial charge in [-0.3, -0.25) is 4.79 Å². The predicted octanol–water partition coefficient (Wildman–Crippen LogP) is 3.64. The number of aromatic nitrogens is 4. The van der Waals surface area contributed by atoms with Gasteiger partial charge in [-0.05, 0) is 50.1 Å². The van der Waals surface area contributed by atoms with E-state index in [1.54, 1.807) is 6.26 Å². The fourth-order valence-corrected chi connectivity index (χ4v) is 4.57. The number of rotatable bonds is 3.